The molecular weight excluding hydrogens is 219 g/mol. The van der Waals surface area contributed by atoms with Gasteiger partial charge in [-0.2, -0.15) is 13.2 Å². The van der Waals surface area contributed by atoms with Crippen LogP contribution < -0.4 is 5.73 Å². The number of nitrogens with zero attached hydrogens (tertiary/aromatic N) is 2. The lowest BCUT2D eigenvalue weighted by atomic mass is 10.1. The molecule has 3 nitrogen and oxygen atoms in total. The summed E-state index contributed by atoms with van der Waals surface area (Å²) in [5, 5.41) is 0. The summed E-state index contributed by atoms with van der Waals surface area (Å²) >= 11 is 0. The van der Waals surface area contributed by atoms with Crippen LogP contribution in [0.3, 0.4) is 0 Å². The molecule has 2 N–H and O–H groups in total. The normalized spacial score (nSPS) is 14.0. The highest BCUT2D eigenvalue weighted by molar-refractivity contribution is 5.78. The van der Waals surface area contributed by atoms with Crippen LogP contribution >= 0.6 is 0 Å². The fourth-order valence-electron chi connectivity index (χ4n) is 1.44. The van der Waals surface area contributed by atoms with Crippen LogP contribution in [0.1, 0.15) is 11.6 Å². The van der Waals surface area contributed by atoms with E-state index in [1.807, 2.05) is 0 Å². The molecule has 0 aliphatic carbocycles. The van der Waals surface area contributed by atoms with Crippen molar-refractivity contribution in [2.45, 2.75) is 12.2 Å². The number of hydrogen-bond acceptors (Lipinski definition) is 3. The molecule has 0 saturated carbocycles. The number of benzene rings is 1. The van der Waals surface area contributed by atoms with E-state index in [-0.39, 0.29) is 11.1 Å². The average Bonchev–Trinajstić information content (AvgIpc) is 2.26. The standard InChI is InChI=1S/C10H8F3N3/c11-10(12,13)9(14)6-2-1-3-7-8(6)16-5-4-15-7/h1-5,9H,14H2/t9-/m0/s1. The minimum Gasteiger partial charge on any atom is -0.316 e. The Bertz CT molecular complexity index is 505. The Morgan fingerprint density at radius 3 is 2.50 bits per heavy atom. The van der Waals surface area contributed by atoms with E-state index < -0.39 is 12.2 Å². The molecule has 84 valence electrons. The van der Waals surface area contributed by atoms with Crippen molar-refractivity contribution in [1.82, 2.24) is 9.97 Å². The fourth-order valence-corrected chi connectivity index (χ4v) is 1.44. The Balaban J connectivity index is 2.61. The summed E-state index contributed by atoms with van der Waals surface area (Å²) in [6, 6.07) is 2.36. The predicted octanol–water partition coefficient (Wildman–Crippen LogP) is 2.19. The van der Waals surface area contributed by atoms with Crippen molar-refractivity contribution in [2.75, 3.05) is 0 Å². The zero-order valence-corrected chi connectivity index (χ0v) is 8.07. The first-order valence-corrected chi connectivity index (χ1v) is 4.52. The highest BCUT2D eigenvalue weighted by Crippen LogP contribution is 2.32. The monoisotopic (exact) mass is 227 g/mol. The van der Waals surface area contributed by atoms with E-state index in [9.17, 15) is 13.2 Å². The van der Waals surface area contributed by atoms with E-state index in [0.717, 1.165) is 0 Å². The van der Waals surface area contributed by atoms with Crippen molar-refractivity contribution in [3.63, 3.8) is 0 Å². The zero-order chi connectivity index (χ0) is 11.8. The lowest BCUT2D eigenvalue weighted by Gasteiger charge is -2.16. The Kier molecular flexibility index (Phi) is 2.51. The summed E-state index contributed by atoms with van der Waals surface area (Å²) in [5.74, 6) is 0. The molecule has 0 bridgehead atoms. The number of fused-ring (bicyclic) bond motifs is 1. The minimum absolute atomic E-state index is 0.0573. The molecule has 1 heterocycles. The van der Waals surface area contributed by atoms with Gasteiger partial charge < -0.3 is 5.73 Å². The van der Waals surface area contributed by atoms with Crippen LogP contribution in [-0.2, 0) is 0 Å². The maximum absolute atomic E-state index is 12.5. The molecule has 0 spiro atoms. The maximum atomic E-state index is 12.5. The predicted molar refractivity (Wildman–Crippen MR) is 52.5 cm³/mol. The van der Waals surface area contributed by atoms with Crippen molar-refractivity contribution in [1.29, 1.82) is 0 Å². The fraction of sp³-hybridized carbons (Fsp3) is 0.200. The summed E-state index contributed by atoms with van der Waals surface area (Å²) in [6.45, 7) is 0. The highest BCUT2D eigenvalue weighted by Gasteiger charge is 2.38. The molecule has 1 atom stereocenters. The molecule has 16 heavy (non-hydrogen) atoms. The summed E-state index contributed by atoms with van der Waals surface area (Å²) in [4.78, 5) is 7.79. The molecule has 0 radical (unpaired) electrons. The molecule has 2 aromatic rings. The summed E-state index contributed by atoms with van der Waals surface area (Å²) in [5.41, 5.74) is 5.68. The molecule has 6 heteroatoms. The first kappa shape index (κ1) is 10.8. The number of alkyl halides is 3. The Morgan fingerprint density at radius 1 is 1.12 bits per heavy atom. The van der Waals surface area contributed by atoms with Gasteiger partial charge in [-0.05, 0) is 6.07 Å². The summed E-state index contributed by atoms with van der Waals surface area (Å²) in [6.07, 6.45) is -1.72. The van der Waals surface area contributed by atoms with E-state index in [1.165, 1.54) is 24.5 Å². The molecule has 0 fully saturated rings. The van der Waals surface area contributed by atoms with Gasteiger partial charge in [0.25, 0.3) is 0 Å². The molecule has 1 aromatic heterocycles. The maximum Gasteiger partial charge on any atom is 0.407 e. The number of halogens is 3. The molecule has 0 unspecified atom stereocenters. The van der Waals surface area contributed by atoms with Crippen molar-refractivity contribution in [3.8, 4) is 0 Å². The number of hydrogen-bond donors (Lipinski definition) is 1. The van der Waals surface area contributed by atoms with Crippen LogP contribution in [0.15, 0.2) is 30.6 Å². The summed E-state index contributed by atoms with van der Waals surface area (Å²) in [7, 11) is 0. The molecule has 0 aliphatic rings. The van der Waals surface area contributed by atoms with Crippen LogP contribution in [-0.4, -0.2) is 16.1 Å². The smallest absolute Gasteiger partial charge is 0.316 e. The van der Waals surface area contributed by atoms with E-state index in [2.05, 4.69) is 9.97 Å². The largest absolute Gasteiger partial charge is 0.407 e. The van der Waals surface area contributed by atoms with Crippen LogP contribution in [0, 0.1) is 0 Å². The number of nitrogens with two attached hydrogens (primary N) is 1. The van der Waals surface area contributed by atoms with Crippen LogP contribution in [0.25, 0.3) is 11.0 Å². The van der Waals surface area contributed by atoms with E-state index >= 15 is 0 Å². The van der Waals surface area contributed by atoms with Crippen molar-refractivity contribution >= 4 is 11.0 Å². The first-order valence-electron chi connectivity index (χ1n) is 4.52. The Hall–Kier alpha value is -1.69. The second kappa shape index (κ2) is 3.71. The van der Waals surface area contributed by atoms with E-state index in [0.29, 0.717) is 5.52 Å². The second-order valence-electron chi connectivity index (χ2n) is 3.29. The van der Waals surface area contributed by atoms with Gasteiger partial charge in [0.05, 0.1) is 11.0 Å². The van der Waals surface area contributed by atoms with Crippen LogP contribution in [0.5, 0.6) is 0 Å². The third kappa shape index (κ3) is 1.83. The number of aromatic nitrogens is 2. The lowest BCUT2D eigenvalue weighted by molar-refractivity contribution is -0.148. The summed E-state index contributed by atoms with van der Waals surface area (Å²) < 4.78 is 37.5. The molecule has 0 saturated heterocycles. The average molecular weight is 227 g/mol. The van der Waals surface area contributed by atoms with Gasteiger partial charge in [-0.3, -0.25) is 9.97 Å². The Labute approximate surface area is 89.1 Å². The van der Waals surface area contributed by atoms with E-state index in [1.54, 1.807) is 6.07 Å². The van der Waals surface area contributed by atoms with Gasteiger partial charge in [-0.15, -0.1) is 0 Å². The third-order valence-corrected chi connectivity index (χ3v) is 2.22. The van der Waals surface area contributed by atoms with Gasteiger partial charge in [0.1, 0.15) is 6.04 Å². The highest BCUT2D eigenvalue weighted by atomic mass is 19.4. The topological polar surface area (TPSA) is 51.8 Å². The Morgan fingerprint density at radius 2 is 1.81 bits per heavy atom. The van der Waals surface area contributed by atoms with Gasteiger partial charge >= 0.3 is 6.18 Å². The first-order chi connectivity index (χ1) is 7.50. The van der Waals surface area contributed by atoms with Crippen LogP contribution in [0.4, 0.5) is 13.2 Å². The van der Waals surface area contributed by atoms with Gasteiger partial charge in [-0.25, -0.2) is 0 Å². The molecule has 2 rings (SSSR count). The minimum atomic E-state index is -4.48. The zero-order valence-electron chi connectivity index (χ0n) is 8.07. The number of rotatable bonds is 1. The van der Waals surface area contributed by atoms with Gasteiger partial charge in [-0.1, -0.05) is 12.1 Å². The lowest BCUT2D eigenvalue weighted by Crippen LogP contribution is -2.28. The third-order valence-electron chi connectivity index (χ3n) is 2.22. The van der Waals surface area contributed by atoms with E-state index in [4.69, 9.17) is 5.73 Å². The molecule has 0 amide bonds. The quantitative estimate of drug-likeness (QED) is 0.812. The molecule has 1 aromatic carbocycles. The molecular formula is C10H8F3N3. The van der Waals surface area contributed by atoms with Crippen molar-refractivity contribution in [2.24, 2.45) is 5.73 Å². The van der Waals surface area contributed by atoms with Gasteiger partial charge in [0.15, 0.2) is 0 Å². The van der Waals surface area contributed by atoms with Crippen LogP contribution in [0.2, 0.25) is 0 Å². The van der Waals surface area contributed by atoms with Crippen molar-refractivity contribution in [3.05, 3.63) is 36.2 Å². The second-order valence-corrected chi connectivity index (χ2v) is 3.29. The molecule has 0 aliphatic heterocycles. The number of para-hydroxylation sites is 1. The van der Waals surface area contributed by atoms with Gasteiger partial charge in [0.2, 0.25) is 0 Å². The van der Waals surface area contributed by atoms with Gasteiger partial charge in [0, 0.05) is 18.0 Å². The van der Waals surface area contributed by atoms with Crippen molar-refractivity contribution < 1.29 is 13.2 Å². The SMILES string of the molecule is N[C@@H](c1cccc2nccnc12)C(F)(F)F.